The van der Waals surface area contributed by atoms with Crippen molar-refractivity contribution >= 4 is 28.5 Å². The van der Waals surface area contributed by atoms with E-state index < -0.39 is 30.7 Å². The maximum atomic E-state index is 13.0. The summed E-state index contributed by atoms with van der Waals surface area (Å²) in [5.41, 5.74) is 0.833. The predicted molar refractivity (Wildman–Crippen MR) is 121 cm³/mol. The number of benzene rings is 1. The fraction of sp³-hybridized carbons (Fsp3) is 0.478. The van der Waals surface area contributed by atoms with E-state index in [9.17, 15) is 18.3 Å². The largest absolute Gasteiger partial charge is 0.461 e. The lowest BCUT2D eigenvalue weighted by atomic mass is 9.83. The molecule has 0 atom stereocenters. The Morgan fingerprint density at radius 2 is 1.79 bits per heavy atom. The van der Waals surface area contributed by atoms with Crippen LogP contribution in [0.4, 0.5) is 18.9 Å². The molecule has 7 nitrogen and oxygen atoms in total. The molecule has 0 radical (unpaired) electrons. The van der Waals surface area contributed by atoms with Gasteiger partial charge in [-0.05, 0) is 43.9 Å². The number of halogens is 4. The molecule has 0 unspecified atom stereocenters. The van der Waals surface area contributed by atoms with Crippen LogP contribution in [0.2, 0.25) is 5.02 Å². The van der Waals surface area contributed by atoms with Crippen molar-refractivity contribution in [3.05, 3.63) is 35.4 Å². The zero-order valence-electron chi connectivity index (χ0n) is 18.2. The second-order valence-corrected chi connectivity index (χ2v) is 9.13. The van der Waals surface area contributed by atoms with Gasteiger partial charge in [-0.2, -0.15) is 18.2 Å². The van der Waals surface area contributed by atoms with Crippen LogP contribution in [0.15, 0.2) is 30.3 Å². The number of hydrogen-bond acceptors (Lipinski definition) is 6. The highest BCUT2D eigenvalue weighted by molar-refractivity contribution is 6.33. The molecule has 2 aliphatic rings. The number of aliphatic hydroxyl groups is 1. The zero-order valence-corrected chi connectivity index (χ0v) is 19.0. The number of nitrogens with one attached hydrogen (secondary N) is 1. The van der Waals surface area contributed by atoms with E-state index in [-0.39, 0.29) is 18.9 Å². The first kappa shape index (κ1) is 23.2. The average molecular weight is 497 g/mol. The van der Waals surface area contributed by atoms with E-state index in [1.165, 1.54) is 0 Å². The second-order valence-electron chi connectivity index (χ2n) is 8.72. The van der Waals surface area contributed by atoms with Gasteiger partial charge in [0.1, 0.15) is 6.10 Å². The third kappa shape index (κ3) is 4.54. The number of aromatic amines is 1. The van der Waals surface area contributed by atoms with Gasteiger partial charge in [-0.1, -0.05) is 23.7 Å². The van der Waals surface area contributed by atoms with Crippen molar-refractivity contribution < 1.29 is 27.8 Å². The lowest BCUT2D eigenvalue weighted by molar-refractivity contribution is -0.273. The number of anilines is 1. The van der Waals surface area contributed by atoms with Crippen LogP contribution >= 0.6 is 11.6 Å². The average Bonchev–Trinajstić information content (AvgIpc) is 3.21. The van der Waals surface area contributed by atoms with Gasteiger partial charge in [0.2, 0.25) is 0 Å². The van der Waals surface area contributed by atoms with Crippen molar-refractivity contribution in [1.82, 2.24) is 15.0 Å². The monoisotopic (exact) mass is 496 g/mol. The van der Waals surface area contributed by atoms with Crippen LogP contribution in [-0.4, -0.2) is 64.2 Å². The number of aromatic nitrogens is 3. The molecule has 182 valence electrons. The van der Waals surface area contributed by atoms with Gasteiger partial charge in [0.25, 0.3) is 6.01 Å². The maximum absolute atomic E-state index is 13.0. The molecule has 1 aliphatic heterocycles. The van der Waals surface area contributed by atoms with Crippen LogP contribution < -0.4 is 9.64 Å². The first-order chi connectivity index (χ1) is 16.2. The Labute approximate surface area is 198 Å². The molecule has 1 saturated carbocycles. The zero-order chi connectivity index (χ0) is 23.9. The predicted octanol–water partition coefficient (Wildman–Crippen LogP) is 4.73. The van der Waals surface area contributed by atoms with E-state index in [2.05, 4.69) is 19.9 Å². The van der Waals surface area contributed by atoms with E-state index in [4.69, 9.17) is 21.1 Å². The first-order valence-electron chi connectivity index (χ1n) is 11.2. The minimum Gasteiger partial charge on any atom is -0.461 e. The molecule has 1 saturated heterocycles. The van der Waals surface area contributed by atoms with Crippen LogP contribution in [-0.2, 0) is 4.74 Å². The van der Waals surface area contributed by atoms with Crippen LogP contribution in [0.3, 0.4) is 0 Å². The number of morpholine rings is 1. The molecule has 0 spiro atoms. The van der Waals surface area contributed by atoms with Crippen molar-refractivity contribution in [2.24, 2.45) is 0 Å². The summed E-state index contributed by atoms with van der Waals surface area (Å²) in [6, 6.07) is 9.83. The number of pyridine rings is 1. The van der Waals surface area contributed by atoms with Crippen LogP contribution in [0.1, 0.15) is 25.7 Å². The summed E-state index contributed by atoms with van der Waals surface area (Å²) >= 11 is 6.49. The van der Waals surface area contributed by atoms with Crippen LogP contribution in [0.5, 0.6) is 6.01 Å². The van der Waals surface area contributed by atoms with E-state index in [1.807, 2.05) is 24.3 Å². The van der Waals surface area contributed by atoms with Crippen LogP contribution in [0.25, 0.3) is 22.4 Å². The summed E-state index contributed by atoms with van der Waals surface area (Å²) in [7, 11) is 0. The van der Waals surface area contributed by atoms with Crippen molar-refractivity contribution in [3.63, 3.8) is 0 Å². The molecule has 34 heavy (non-hydrogen) atoms. The van der Waals surface area contributed by atoms with E-state index in [0.29, 0.717) is 35.1 Å². The molecular formula is C23H24ClF3N4O3. The second kappa shape index (κ2) is 8.90. The Morgan fingerprint density at radius 3 is 2.44 bits per heavy atom. The lowest BCUT2D eigenvalue weighted by Crippen LogP contribution is -2.49. The Kier molecular flexibility index (Phi) is 6.07. The number of H-pyrrole nitrogens is 1. The highest BCUT2D eigenvalue weighted by Gasteiger charge is 2.55. The third-order valence-corrected chi connectivity index (χ3v) is 6.78. The number of ether oxygens (including phenoxy) is 2. The summed E-state index contributed by atoms with van der Waals surface area (Å²) in [6.07, 6.45) is -5.80. The molecule has 1 aromatic carbocycles. The minimum absolute atomic E-state index is 0.0714. The Balaban J connectivity index is 1.30. The number of fused-ring (bicyclic) bond motifs is 1. The summed E-state index contributed by atoms with van der Waals surface area (Å²) in [4.78, 5) is 14.2. The topological polar surface area (TPSA) is 83.5 Å². The van der Waals surface area contributed by atoms with Gasteiger partial charge in [0.05, 0.1) is 29.4 Å². The third-order valence-electron chi connectivity index (χ3n) is 6.49. The Hall–Kier alpha value is -2.56. The molecule has 0 amide bonds. The smallest absolute Gasteiger partial charge is 0.417 e. The number of rotatable bonds is 4. The van der Waals surface area contributed by atoms with Crippen LogP contribution in [0, 0.1) is 0 Å². The standard InChI is InChI=1S/C23H24ClF3N4O3/c24-17-13-18-20(29-19(17)14-1-3-15(4-2-14)31-9-11-33-12-10-31)30-21(28-18)34-16-5-7-22(32,8-6-16)23(25,26)27/h1-4,13,16,32H,5-12H2,(H,28,29,30). The summed E-state index contributed by atoms with van der Waals surface area (Å²) in [5, 5.41) is 10.3. The normalized spacial score (nSPS) is 23.9. The number of hydrogen-bond donors (Lipinski definition) is 2. The van der Waals surface area contributed by atoms with Crippen molar-refractivity contribution in [3.8, 4) is 17.3 Å². The van der Waals surface area contributed by atoms with E-state index >= 15 is 0 Å². The fourth-order valence-electron chi connectivity index (χ4n) is 4.43. The highest BCUT2D eigenvalue weighted by Crippen LogP contribution is 2.42. The number of imidazole rings is 1. The van der Waals surface area contributed by atoms with Gasteiger partial charge in [-0.25, -0.2) is 4.98 Å². The molecule has 3 heterocycles. The first-order valence-corrected chi connectivity index (χ1v) is 11.5. The Morgan fingerprint density at radius 1 is 1.12 bits per heavy atom. The molecule has 3 aromatic rings. The molecule has 1 aliphatic carbocycles. The minimum atomic E-state index is -4.64. The quantitative estimate of drug-likeness (QED) is 0.543. The molecule has 2 N–H and O–H groups in total. The highest BCUT2D eigenvalue weighted by atomic mass is 35.5. The molecule has 11 heteroatoms. The fourth-order valence-corrected chi connectivity index (χ4v) is 4.69. The summed E-state index contributed by atoms with van der Waals surface area (Å²) in [5.74, 6) is 0. The van der Waals surface area contributed by atoms with Gasteiger partial charge < -0.3 is 24.5 Å². The van der Waals surface area contributed by atoms with Gasteiger partial charge in [-0.3, -0.25) is 0 Å². The Bertz CT molecular complexity index is 1150. The maximum Gasteiger partial charge on any atom is 0.417 e. The van der Waals surface area contributed by atoms with Gasteiger partial charge in [0.15, 0.2) is 11.2 Å². The summed E-state index contributed by atoms with van der Waals surface area (Å²) < 4.78 is 50.2. The molecule has 5 rings (SSSR count). The molecule has 2 fully saturated rings. The summed E-state index contributed by atoms with van der Waals surface area (Å²) in [6.45, 7) is 3.10. The number of nitrogens with zero attached hydrogens (tertiary/aromatic N) is 3. The molecular weight excluding hydrogens is 473 g/mol. The molecule has 2 aromatic heterocycles. The van der Waals surface area contributed by atoms with Gasteiger partial charge >= 0.3 is 6.18 Å². The van der Waals surface area contributed by atoms with E-state index in [1.54, 1.807) is 6.07 Å². The molecule has 0 bridgehead atoms. The van der Waals surface area contributed by atoms with Gasteiger partial charge in [-0.15, -0.1) is 0 Å². The van der Waals surface area contributed by atoms with Crippen molar-refractivity contribution in [2.75, 3.05) is 31.2 Å². The SMILES string of the molecule is OC1(C(F)(F)F)CCC(Oc2nc3nc(-c4ccc(N5CCOCC5)cc4)c(Cl)cc3[nH]2)CC1. The van der Waals surface area contributed by atoms with Crippen molar-refractivity contribution in [2.45, 2.75) is 43.6 Å². The van der Waals surface area contributed by atoms with E-state index in [0.717, 1.165) is 24.3 Å². The van der Waals surface area contributed by atoms with Crippen molar-refractivity contribution in [1.29, 1.82) is 0 Å². The van der Waals surface area contributed by atoms with Gasteiger partial charge in [0, 0.05) is 24.3 Å². The lowest BCUT2D eigenvalue weighted by Gasteiger charge is -2.36. The number of alkyl halides is 3.